The molecule has 2 aromatic rings. The molecule has 4 bridgehead atoms. The second-order valence-corrected chi connectivity index (χ2v) is 9.72. The fourth-order valence-corrected chi connectivity index (χ4v) is 6.57. The lowest BCUT2D eigenvalue weighted by Crippen LogP contribution is -2.48. The van der Waals surface area contributed by atoms with Crippen molar-refractivity contribution in [1.29, 1.82) is 0 Å². The highest BCUT2D eigenvalue weighted by Gasteiger charge is 2.45. The molecule has 9 heteroatoms. The molecule has 6 heterocycles. The molecule has 5 saturated heterocycles. The van der Waals surface area contributed by atoms with Crippen LogP contribution >= 0.6 is 11.5 Å². The fourth-order valence-electron chi connectivity index (χ4n) is 5.77. The predicted octanol–water partition coefficient (Wildman–Crippen LogP) is 2.16. The van der Waals surface area contributed by atoms with Crippen molar-refractivity contribution in [2.45, 2.75) is 37.4 Å². The van der Waals surface area contributed by atoms with Crippen LogP contribution in [0.25, 0.3) is 10.1 Å². The van der Waals surface area contributed by atoms with Crippen molar-refractivity contribution in [1.82, 2.24) is 19.1 Å². The standard InChI is InChI=1S/C21H25N5O3S/c27-20(24-8-7-23-5-3-13(24)4-6-23)19-17-2-1-14(10-18(17)30-22-19)25-11-16-9-15(25)12-26(16)21(28)29/h1-2,10,13,15-16H,3-9,11-12H2,(H,28,29)/t15-,16-/m0/s1. The van der Waals surface area contributed by atoms with Gasteiger partial charge in [-0.1, -0.05) is 0 Å². The molecule has 5 aliphatic heterocycles. The minimum absolute atomic E-state index is 0.0695. The van der Waals surface area contributed by atoms with Crippen LogP contribution in [0.2, 0.25) is 0 Å². The van der Waals surface area contributed by atoms with E-state index in [4.69, 9.17) is 0 Å². The van der Waals surface area contributed by atoms with Crippen LogP contribution in [0, 0.1) is 0 Å². The van der Waals surface area contributed by atoms with Crippen LogP contribution in [-0.4, -0.2) is 93.6 Å². The van der Waals surface area contributed by atoms with Crippen molar-refractivity contribution in [2.24, 2.45) is 0 Å². The zero-order chi connectivity index (χ0) is 20.4. The van der Waals surface area contributed by atoms with Gasteiger partial charge in [-0.15, -0.1) is 0 Å². The zero-order valence-electron chi connectivity index (χ0n) is 16.7. The van der Waals surface area contributed by atoms with Gasteiger partial charge < -0.3 is 24.7 Å². The summed E-state index contributed by atoms with van der Waals surface area (Å²) >= 11 is 1.39. The highest BCUT2D eigenvalue weighted by Crippen LogP contribution is 2.37. The summed E-state index contributed by atoms with van der Waals surface area (Å²) in [6.45, 7) is 5.23. The van der Waals surface area contributed by atoms with Crippen molar-refractivity contribution in [3.63, 3.8) is 0 Å². The highest BCUT2D eigenvalue weighted by molar-refractivity contribution is 7.13. The molecule has 1 aromatic carbocycles. The highest BCUT2D eigenvalue weighted by atomic mass is 32.1. The van der Waals surface area contributed by atoms with E-state index in [0.717, 1.165) is 67.8 Å². The van der Waals surface area contributed by atoms with E-state index < -0.39 is 6.09 Å². The van der Waals surface area contributed by atoms with E-state index in [-0.39, 0.29) is 18.0 Å². The Kier molecular flexibility index (Phi) is 4.18. The Balaban J connectivity index is 1.25. The summed E-state index contributed by atoms with van der Waals surface area (Å²) in [6.07, 6.45) is 2.19. The first kappa shape index (κ1) is 18.4. The van der Waals surface area contributed by atoms with Gasteiger partial charge in [-0.2, -0.15) is 4.37 Å². The van der Waals surface area contributed by atoms with E-state index >= 15 is 0 Å². The average Bonchev–Trinajstić information content (AvgIpc) is 3.41. The number of benzene rings is 1. The number of hydrogen-bond donors (Lipinski definition) is 1. The molecule has 5 aliphatic rings. The lowest BCUT2D eigenvalue weighted by Gasteiger charge is -2.34. The molecule has 2 atom stereocenters. The predicted molar refractivity (Wildman–Crippen MR) is 114 cm³/mol. The van der Waals surface area contributed by atoms with E-state index in [1.165, 1.54) is 11.5 Å². The number of carboxylic acid groups (broad SMARTS) is 1. The van der Waals surface area contributed by atoms with Crippen molar-refractivity contribution < 1.29 is 14.7 Å². The molecule has 0 radical (unpaired) electrons. The summed E-state index contributed by atoms with van der Waals surface area (Å²) in [5, 5.41) is 10.2. The van der Waals surface area contributed by atoms with Gasteiger partial charge in [0.2, 0.25) is 0 Å². The SMILES string of the molecule is O=C(c1nsc2cc(N3C[C@@H]4C[C@H]3CN4C(=O)O)ccc12)N1CCN2CCC1CC2. The monoisotopic (exact) mass is 427 g/mol. The van der Waals surface area contributed by atoms with E-state index in [1.807, 2.05) is 6.07 Å². The lowest BCUT2D eigenvalue weighted by molar-refractivity contribution is 0.0682. The largest absolute Gasteiger partial charge is 0.465 e. The van der Waals surface area contributed by atoms with E-state index in [2.05, 4.69) is 31.2 Å². The van der Waals surface area contributed by atoms with Gasteiger partial charge in [-0.3, -0.25) is 4.79 Å². The second-order valence-electron chi connectivity index (χ2n) is 8.91. The summed E-state index contributed by atoms with van der Waals surface area (Å²) in [7, 11) is 0. The molecule has 7 rings (SSSR count). The maximum Gasteiger partial charge on any atom is 0.407 e. The number of rotatable bonds is 2. The molecule has 158 valence electrons. The van der Waals surface area contributed by atoms with E-state index in [9.17, 15) is 14.7 Å². The van der Waals surface area contributed by atoms with Crippen molar-refractivity contribution in [3.05, 3.63) is 23.9 Å². The van der Waals surface area contributed by atoms with E-state index in [1.54, 1.807) is 4.90 Å². The maximum absolute atomic E-state index is 13.3. The number of likely N-dealkylation sites (tertiary alicyclic amines) is 1. The van der Waals surface area contributed by atoms with Gasteiger partial charge in [-0.05, 0) is 49.0 Å². The number of anilines is 1. The number of carbonyl (C=O) groups excluding carboxylic acids is 1. The smallest absolute Gasteiger partial charge is 0.407 e. The number of amides is 2. The topological polar surface area (TPSA) is 80.2 Å². The molecule has 0 unspecified atom stereocenters. The Hall–Kier alpha value is -2.39. The number of fused-ring (bicyclic) bond motifs is 7. The molecule has 8 nitrogen and oxygen atoms in total. The van der Waals surface area contributed by atoms with Crippen LogP contribution < -0.4 is 4.90 Å². The van der Waals surface area contributed by atoms with Crippen molar-refractivity contribution in [3.8, 4) is 0 Å². The Morgan fingerprint density at radius 2 is 1.83 bits per heavy atom. The van der Waals surface area contributed by atoms with Crippen LogP contribution in [0.4, 0.5) is 10.5 Å². The number of nitrogens with zero attached hydrogens (tertiary/aromatic N) is 5. The Morgan fingerprint density at radius 1 is 1.00 bits per heavy atom. The Labute approximate surface area is 178 Å². The average molecular weight is 428 g/mol. The van der Waals surface area contributed by atoms with Crippen LogP contribution in [0.5, 0.6) is 0 Å². The maximum atomic E-state index is 13.3. The van der Waals surface area contributed by atoms with E-state index in [0.29, 0.717) is 18.3 Å². The number of piperidine rings is 1. The number of hydrogen-bond acceptors (Lipinski definition) is 6. The first-order chi connectivity index (χ1) is 14.6. The van der Waals surface area contributed by atoms with Crippen molar-refractivity contribution >= 4 is 39.3 Å². The third-order valence-corrected chi connectivity index (χ3v) is 8.20. The van der Waals surface area contributed by atoms with Gasteiger partial charge in [0, 0.05) is 62.4 Å². The van der Waals surface area contributed by atoms with Gasteiger partial charge >= 0.3 is 6.09 Å². The van der Waals surface area contributed by atoms with Crippen LogP contribution in [-0.2, 0) is 0 Å². The molecule has 1 aromatic heterocycles. The van der Waals surface area contributed by atoms with Crippen LogP contribution in [0.15, 0.2) is 18.2 Å². The number of aromatic nitrogens is 1. The fraction of sp³-hybridized carbons (Fsp3) is 0.571. The van der Waals surface area contributed by atoms with Gasteiger partial charge in [0.25, 0.3) is 5.91 Å². The molecular formula is C21H25N5O3S. The van der Waals surface area contributed by atoms with Crippen LogP contribution in [0.3, 0.4) is 0 Å². The number of carbonyl (C=O) groups is 2. The minimum atomic E-state index is -0.817. The molecule has 30 heavy (non-hydrogen) atoms. The Bertz CT molecular complexity index is 1020. The van der Waals surface area contributed by atoms with Gasteiger partial charge in [0.1, 0.15) is 5.69 Å². The summed E-state index contributed by atoms with van der Waals surface area (Å²) < 4.78 is 5.59. The lowest BCUT2D eigenvalue weighted by atomic mass is 10.0. The number of piperazine rings is 1. The normalized spacial score (nSPS) is 30.3. The molecule has 0 saturated carbocycles. The van der Waals surface area contributed by atoms with Gasteiger partial charge in [0.05, 0.1) is 10.7 Å². The molecule has 0 aliphatic carbocycles. The molecule has 2 amide bonds. The summed E-state index contributed by atoms with van der Waals surface area (Å²) in [4.78, 5) is 33.1. The third kappa shape index (κ3) is 2.79. The minimum Gasteiger partial charge on any atom is -0.465 e. The Morgan fingerprint density at radius 3 is 2.57 bits per heavy atom. The summed E-state index contributed by atoms with van der Waals surface area (Å²) in [5.41, 5.74) is 1.69. The summed E-state index contributed by atoms with van der Waals surface area (Å²) in [5.74, 6) is 0.0695. The van der Waals surface area contributed by atoms with Crippen LogP contribution in [0.1, 0.15) is 29.8 Å². The second kappa shape index (κ2) is 6.81. The quantitative estimate of drug-likeness (QED) is 0.791. The molecule has 1 N–H and O–H groups in total. The third-order valence-electron chi connectivity index (χ3n) is 7.39. The van der Waals surface area contributed by atoms with Gasteiger partial charge in [-0.25, -0.2) is 4.79 Å². The molecule has 0 spiro atoms. The summed E-state index contributed by atoms with van der Waals surface area (Å²) in [6, 6.07) is 6.87. The van der Waals surface area contributed by atoms with Crippen molar-refractivity contribution in [2.75, 3.05) is 44.2 Å². The molecular weight excluding hydrogens is 402 g/mol. The first-order valence-electron chi connectivity index (χ1n) is 10.8. The zero-order valence-corrected chi connectivity index (χ0v) is 17.6. The molecule has 5 fully saturated rings. The van der Waals surface area contributed by atoms with Gasteiger partial charge in [0.15, 0.2) is 0 Å². The first-order valence-corrected chi connectivity index (χ1v) is 11.5.